The number of hydrogen-bond donors (Lipinski definition) is 1. The average molecular weight is 283 g/mol. The summed E-state index contributed by atoms with van der Waals surface area (Å²) in [4.78, 5) is 4.21. The van der Waals surface area contributed by atoms with Crippen molar-refractivity contribution in [3.05, 3.63) is 76.6 Å². The Kier molecular flexibility index (Phi) is 3.43. The van der Waals surface area contributed by atoms with Gasteiger partial charge in [-0.2, -0.15) is 0 Å². The molecule has 0 amide bonds. The molecule has 0 saturated heterocycles. The van der Waals surface area contributed by atoms with Crippen LogP contribution in [0.5, 0.6) is 0 Å². The molecule has 1 atom stereocenters. The highest BCUT2D eigenvalue weighted by molar-refractivity contribution is 6.30. The van der Waals surface area contributed by atoms with E-state index in [-0.39, 0.29) is 6.04 Å². The Morgan fingerprint density at radius 3 is 2.75 bits per heavy atom. The molecule has 2 N–H and O–H groups in total. The SMILES string of the molecule is Cc1cc(Cl)ccc1C(N)c1cccc2ccncc12. The Labute approximate surface area is 123 Å². The normalized spacial score (nSPS) is 12.6. The summed E-state index contributed by atoms with van der Waals surface area (Å²) in [7, 11) is 0. The minimum atomic E-state index is -0.180. The number of aryl methyl sites for hydroxylation is 1. The van der Waals surface area contributed by atoms with Gasteiger partial charge in [-0.25, -0.2) is 0 Å². The third kappa shape index (κ3) is 2.28. The first-order valence-corrected chi connectivity index (χ1v) is 6.89. The van der Waals surface area contributed by atoms with Crippen molar-refractivity contribution in [1.29, 1.82) is 0 Å². The summed E-state index contributed by atoms with van der Waals surface area (Å²) in [6.45, 7) is 2.03. The Hall–Kier alpha value is -1.90. The average Bonchev–Trinajstić information content (AvgIpc) is 2.46. The lowest BCUT2D eigenvalue weighted by Gasteiger charge is -2.17. The number of hydrogen-bond acceptors (Lipinski definition) is 2. The highest BCUT2D eigenvalue weighted by Crippen LogP contribution is 2.29. The standard InChI is InChI=1S/C17H15ClN2/c1-11-9-13(18)5-6-14(11)17(19)15-4-2-3-12-7-8-20-10-16(12)15/h2-10,17H,19H2,1H3. The minimum absolute atomic E-state index is 0.180. The van der Waals surface area contributed by atoms with Crippen LogP contribution in [0.3, 0.4) is 0 Å². The summed E-state index contributed by atoms with van der Waals surface area (Å²) in [6.07, 6.45) is 3.67. The van der Waals surface area contributed by atoms with Gasteiger partial charge < -0.3 is 5.73 Å². The maximum atomic E-state index is 6.46. The number of pyridine rings is 1. The predicted molar refractivity (Wildman–Crippen MR) is 84.0 cm³/mol. The zero-order chi connectivity index (χ0) is 14.1. The Balaban J connectivity index is 2.15. The first kappa shape index (κ1) is 13.1. The zero-order valence-electron chi connectivity index (χ0n) is 11.2. The molecule has 2 nitrogen and oxygen atoms in total. The quantitative estimate of drug-likeness (QED) is 0.763. The smallest absolute Gasteiger partial charge is 0.0560 e. The molecule has 0 spiro atoms. The maximum absolute atomic E-state index is 6.46. The molecule has 1 aromatic heterocycles. The van der Waals surface area contributed by atoms with Gasteiger partial charge >= 0.3 is 0 Å². The summed E-state index contributed by atoms with van der Waals surface area (Å²) >= 11 is 6.01. The summed E-state index contributed by atoms with van der Waals surface area (Å²) in [5.74, 6) is 0. The van der Waals surface area contributed by atoms with E-state index in [4.69, 9.17) is 17.3 Å². The molecule has 3 heteroatoms. The molecule has 1 heterocycles. The van der Waals surface area contributed by atoms with Crippen molar-refractivity contribution in [2.24, 2.45) is 5.73 Å². The Morgan fingerprint density at radius 1 is 1.10 bits per heavy atom. The van der Waals surface area contributed by atoms with Gasteiger partial charge in [0.1, 0.15) is 0 Å². The second-order valence-corrected chi connectivity index (χ2v) is 5.36. The van der Waals surface area contributed by atoms with E-state index < -0.39 is 0 Å². The van der Waals surface area contributed by atoms with Crippen molar-refractivity contribution in [1.82, 2.24) is 4.98 Å². The van der Waals surface area contributed by atoms with Gasteiger partial charge in [0.2, 0.25) is 0 Å². The van der Waals surface area contributed by atoms with E-state index >= 15 is 0 Å². The van der Waals surface area contributed by atoms with Crippen molar-refractivity contribution in [3.63, 3.8) is 0 Å². The number of aromatic nitrogens is 1. The predicted octanol–water partition coefficient (Wildman–Crippen LogP) is 4.24. The van der Waals surface area contributed by atoms with Crippen LogP contribution in [0, 0.1) is 6.92 Å². The third-order valence-corrected chi connectivity index (χ3v) is 3.85. The van der Waals surface area contributed by atoms with Crippen molar-refractivity contribution in [3.8, 4) is 0 Å². The van der Waals surface area contributed by atoms with Gasteiger partial charge in [0, 0.05) is 22.8 Å². The van der Waals surface area contributed by atoms with Gasteiger partial charge in [0.05, 0.1) is 6.04 Å². The molecule has 2 aromatic carbocycles. The number of benzene rings is 2. The summed E-state index contributed by atoms with van der Waals surface area (Å²) in [6, 6.07) is 13.8. The molecule has 1 unspecified atom stereocenters. The molecule has 0 fully saturated rings. The van der Waals surface area contributed by atoms with Crippen LogP contribution in [-0.4, -0.2) is 4.98 Å². The summed E-state index contributed by atoms with van der Waals surface area (Å²) in [5.41, 5.74) is 9.74. The molecule has 100 valence electrons. The molecule has 20 heavy (non-hydrogen) atoms. The van der Waals surface area contributed by atoms with Crippen LogP contribution < -0.4 is 5.73 Å². The molecule has 3 aromatic rings. The van der Waals surface area contributed by atoms with Crippen LogP contribution >= 0.6 is 11.6 Å². The molecule has 0 aliphatic heterocycles. The number of halogens is 1. The summed E-state index contributed by atoms with van der Waals surface area (Å²) < 4.78 is 0. The fraction of sp³-hybridized carbons (Fsp3) is 0.118. The van der Waals surface area contributed by atoms with E-state index in [0.717, 1.165) is 32.5 Å². The Bertz CT molecular complexity index is 763. The second kappa shape index (κ2) is 5.23. The van der Waals surface area contributed by atoms with Crippen molar-refractivity contribution < 1.29 is 0 Å². The lowest BCUT2D eigenvalue weighted by molar-refractivity contribution is 0.870. The number of rotatable bonds is 2. The minimum Gasteiger partial charge on any atom is -0.320 e. The molecule has 0 bridgehead atoms. The van der Waals surface area contributed by atoms with Gasteiger partial charge in [-0.15, -0.1) is 0 Å². The van der Waals surface area contributed by atoms with Gasteiger partial charge in [-0.1, -0.05) is 35.9 Å². The van der Waals surface area contributed by atoms with Crippen LogP contribution in [0.2, 0.25) is 5.02 Å². The number of nitrogens with zero attached hydrogens (tertiary/aromatic N) is 1. The fourth-order valence-electron chi connectivity index (χ4n) is 2.56. The third-order valence-electron chi connectivity index (χ3n) is 3.62. The van der Waals surface area contributed by atoms with Crippen LogP contribution in [-0.2, 0) is 0 Å². The highest BCUT2D eigenvalue weighted by atomic mass is 35.5. The van der Waals surface area contributed by atoms with Gasteiger partial charge in [0.25, 0.3) is 0 Å². The van der Waals surface area contributed by atoms with Crippen molar-refractivity contribution in [2.75, 3.05) is 0 Å². The van der Waals surface area contributed by atoms with E-state index in [0.29, 0.717) is 0 Å². The molecule has 0 aliphatic rings. The van der Waals surface area contributed by atoms with Gasteiger partial charge in [0.15, 0.2) is 0 Å². The van der Waals surface area contributed by atoms with E-state index in [9.17, 15) is 0 Å². The lowest BCUT2D eigenvalue weighted by Crippen LogP contribution is -2.13. The molecular formula is C17H15ClN2. The first-order valence-electron chi connectivity index (χ1n) is 6.51. The molecule has 0 aliphatic carbocycles. The number of nitrogens with two attached hydrogens (primary N) is 1. The molecule has 0 radical (unpaired) electrons. The monoisotopic (exact) mass is 282 g/mol. The van der Waals surface area contributed by atoms with Crippen LogP contribution in [0.25, 0.3) is 10.8 Å². The topological polar surface area (TPSA) is 38.9 Å². The zero-order valence-corrected chi connectivity index (χ0v) is 11.9. The van der Waals surface area contributed by atoms with E-state index in [1.54, 1.807) is 6.20 Å². The molecular weight excluding hydrogens is 268 g/mol. The van der Waals surface area contributed by atoms with Crippen LogP contribution in [0.1, 0.15) is 22.7 Å². The lowest BCUT2D eigenvalue weighted by atomic mass is 9.93. The van der Waals surface area contributed by atoms with Crippen LogP contribution in [0.4, 0.5) is 0 Å². The van der Waals surface area contributed by atoms with E-state index in [2.05, 4.69) is 17.1 Å². The maximum Gasteiger partial charge on any atom is 0.0560 e. The number of fused-ring (bicyclic) bond motifs is 1. The fourth-order valence-corrected chi connectivity index (χ4v) is 2.79. The largest absolute Gasteiger partial charge is 0.320 e. The van der Waals surface area contributed by atoms with Gasteiger partial charge in [-0.05, 0) is 47.2 Å². The van der Waals surface area contributed by atoms with E-state index in [1.807, 2.05) is 43.5 Å². The molecule has 0 saturated carbocycles. The Morgan fingerprint density at radius 2 is 1.95 bits per heavy atom. The van der Waals surface area contributed by atoms with E-state index in [1.165, 1.54) is 0 Å². The van der Waals surface area contributed by atoms with Crippen molar-refractivity contribution >= 4 is 22.4 Å². The summed E-state index contributed by atoms with van der Waals surface area (Å²) in [5, 5.41) is 2.98. The van der Waals surface area contributed by atoms with Gasteiger partial charge in [-0.3, -0.25) is 4.98 Å². The van der Waals surface area contributed by atoms with Crippen molar-refractivity contribution in [2.45, 2.75) is 13.0 Å². The highest BCUT2D eigenvalue weighted by Gasteiger charge is 2.14. The first-order chi connectivity index (χ1) is 9.66. The molecule has 3 rings (SSSR count). The van der Waals surface area contributed by atoms with Crippen LogP contribution in [0.15, 0.2) is 54.9 Å². The second-order valence-electron chi connectivity index (χ2n) is 4.92.